The van der Waals surface area contributed by atoms with E-state index in [1.54, 1.807) is 0 Å². The summed E-state index contributed by atoms with van der Waals surface area (Å²) in [5.41, 5.74) is 5.16. The molecule has 2 aromatic carbocycles. The number of primary amides is 1. The summed E-state index contributed by atoms with van der Waals surface area (Å²) in [4.78, 5) is 23.1. The Balaban J connectivity index is 1.87. The molecule has 0 bridgehead atoms. The van der Waals surface area contributed by atoms with Crippen molar-refractivity contribution in [3.05, 3.63) is 64.2 Å². The summed E-state index contributed by atoms with van der Waals surface area (Å²) in [7, 11) is 0. The van der Waals surface area contributed by atoms with Crippen molar-refractivity contribution in [2.45, 2.75) is 6.42 Å². The molecule has 0 aliphatic heterocycles. The van der Waals surface area contributed by atoms with Gasteiger partial charge in [-0.15, -0.1) is 0 Å². The molecule has 0 aliphatic rings. The first kappa shape index (κ1) is 18.7. The summed E-state index contributed by atoms with van der Waals surface area (Å²) in [6.07, 6.45) is -0.00225. The number of benzene rings is 2. The lowest BCUT2D eigenvalue weighted by Crippen LogP contribution is -2.31. The van der Waals surface area contributed by atoms with E-state index >= 15 is 0 Å². The van der Waals surface area contributed by atoms with Crippen molar-refractivity contribution >= 4 is 23.4 Å². The van der Waals surface area contributed by atoms with Crippen molar-refractivity contribution in [1.82, 2.24) is 5.32 Å². The molecule has 25 heavy (non-hydrogen) atoms. The molecule has 0 heterocycles. The van der Waals surface area contributed by atoms with E-state index in [9.17, 15) is 18.4 Å². The van der Waals surface area contributed by atoms with Crippen LogP contribution in [-0.2, 0) is 11.2 Å². The standard InChI is InChI=1S/C17H15ClF2N2O3/c18-10-4-5-15(12(8-10)17(21)24)25-9-16(23)22-7-6-11-13(19)2-1-3-14(11)20/h1-5,8H,6-7,9H2,(H2,21,24)(H,22,23). The van der Waals surface area contributed by atoms with Crippen molar-refractivity contribution in [1.29, 1.82) is 0 Å². The first-order valence-electron chi connectivity index (χ1n) is 7.30. The summed E-state index contributed by atoms with van der Waals surface area (Å²) in [5.74, 6) is -2.47. The Labute approximate surface area is 147 Å². The number of hydrogen-bond acceptors (Lipinski definition) is 3. The van der Waals surface area contributed by atoms with E-state index in [4.69, 9.17) is 22.1 Å². The quantitative estimate of drug-likeness (QED) is 0.787. The highest BCUT2D eigenvalue weighted by atomic mass is 35.5. The van der Waals surface area contributed by atoms with E-state index in [0.717, 1.165) is 12.1 Å². The van der Waals surface area contributed by atoms with E-state index in [2.05, 4.69) is 5.32 Å². The highest BCUT2D eigenvalue weighted by molar-refractivity contribution is 6.31. The Morgan fingerprint density at radius 2 is 1.84 bits per heavy atom. The fourth-order valence-electron chi connectivity index (χ4n) is 2.11. The second kappa shape index (κ2) is 8.43. The van der Waals surface area contributed by atoms with Gasteiger partial charge in [-0.1, -0.05) is 17.7 Å². The van der Waals surface area contributed by atoms with Gasteiger partial charge in [0.15, 0.2) is 6.61 Å². The molecule has 5 nitrogen and oxygen atoms in total. The Bertz CT molecular complexity index is 779. The minimum absolute atomic E-state index is 0.00225. The Morgan fingerprint density at radius 3 is 2.48 bits per heavy atom. The van der Waals surface area contributed by atoms with E-state index < -0.39 is 23.4 Å². The lowest BCUT2D eigenvalue weighted by Gasteiger charge is -2.10. The average Bonchev–Trinajstić information content (AvgIpc) is 2.56. The molecule has 0 saturated carbocycles. The minimum atomic E-state index is -0.743. The lowest BCUT2D eigenvalue weighted by atomic mass is 10.1. The molecule has 2 rings (SSSR count). The topological polar surface area (TPSA) is 81.4 Å². The molecule has 0 atom stereocenters. The number of nitrogens with two attached hydrogens (primary N) is 1. The van der Waals surface area contributed by atoms with Crippen molar-refractivity contribution in [3.63, 3.8) is 0 Å². The highest BCUT2D eigenvalue weighted by Gasteiger charge is 2.13. The first-order chi connectivity index (χ1) is 11.9. The average molecular weight is 369 g/mol. The van der Waals surface area contributed by atoms with Crippen LogP contribution in [0.15, 0.2) is 36.4 Å². The Morgan fingerprint density at radius 1 is 1.16 bits per heavy atom. The molecule has 0 saturated heterocycles. The number of rotatable bonds is 7. The van der Waals surface area contributed by atoms with Crippen LogP contribution < -0.4 is 15.8 Å². The van der Waals surface area contributed by atoms with E-state index in [1.807, 2.05) is 0 Å². The molecule has 0 unspecified atom stereocenters. The van der Waals surface area contributed by atoms with Gasteiger partial charge in [-0.3, -0.25) is 9.59 Å². The molecule has 0 spiro atoms. The van der Waals surface area contributed by atoms with Gasteiger partial charge in [-0.25, -0.2) is 8.78 Å². The van der Waals surface area contributed by atoms with Crippen LogP contribution in [0.3, 0.4) is 0 Å². The number of amides is 2. The fourth-order valence-corrected chi connectivity index (χ4v) is 2.29. The number of nitrogens with one attached hydrogen (secondary N) is 1. The molecule has 132 valence electrons. The van der Waals surface area contributed by atoms with Crippen LogP contribution in [0.4, 0.5) is 8.78 Å². The molecule has 0 radical (unpaired) electrons. The molecule has 0 aromatic heterocycles. The summed E-state index contributed by atoms with van der Waals surface area (Å²) >= 11 is 5.77. The first-order valence-corrected chi connectivity index (χ1v) is 7.68. The smallest absolute Gasteiger partial charge is 0.257 e. The number of halogens is 3. The van der Waals surface area contributed by atoms with Gasteiger partial charge >= 0.3 is 0 Å². The third kappa shape index (κ3) is 5.15. The maximum absolute atomic E-state index is 13.5. The molecular weight excluding hydrogens is 354 g/mol. The zero-order chi connectivity index (χ0) is 18.4. The predicted molar refractivity (Wildman–Crippen MR) is 88.5 cm³/mol. The van der Waals surface area contributed by atoms with Gasteiger partial charge in [-0.2, -0.15) is 0 Å². The van der Waals surface area contributed by atoms with Crippen molar-refractivity contribution in [2.75, 3.05) is 13.2 Å². The number of carbonyl (C=O) groups excluding carboxylic acids is 2. The largest absolute Gasteiger partial charge is 0.483 e. The van der Waals surface area contributed by atoms with Crippen molar-refractivity contribution in [2.24, 2.45) is 5.73 Å². The minimum Gasteiger partial charge on any atom is -0.483 e. The van der Waals surface area contributed by atoms with Crippen LogP contribution in [0.25, 0.3) is 0 Å². The molecular formula is C17H15ClF2N2O3. The second-order valence-electron chi connectivity index (χ2n) is 5.09. The molecule has 2 amide bonds. The third-order valence-electron chi connectivity index (χ3n) is 3.32. The maximum Gasteiger partial charge on any atom is 0.257 e. The van der Waals surface area contributed by atoms with Gasteiger partial charge in [-0.05, 0) is 36.8 Å². The van der Waals surface area contributed by atoms with Gasteiger partial charge in [0.1, 0.15) is 17.4 Å². The summed E-state index contributed by atoms with van der Waals surface area (Å²) in [6.45, 7) is -0.356. The van der Waals surface area contributed by atoms with Crippen LogP contribution in [0.5, 0.6) is 5.75 Å². The van der Waals surface area contributed by atoms with Gasteiger partial charge in [0.2, 0.25) is 0 Å². The molecule has 3 N–H and O–H groups in total. The van der Waals surface area contributed by atoms with Gasteiger partial charge in [0.25, 0.3) is 11.8 Å². The normalized spacial score (nSPS) is 10.4. The monoisotopic (exact) mass is 368 g/mol. The van der Waals surface area contributed by atoms with Crippen molar-refractivity contribution in [3.8, 4) is 5.75 Å². The summed E-state index contributed by atoms with van der Waals surface area (Å²) in [5, 5.41) is 2.78. The summed E-state index contributed by atoms with van der Waals surface area (Å²) in [6, 6.07) is 7.80. The van der Waals surface area contributed by atoms with E-state index in [-0.39, 0.29) is 36.4 Å². The van der Waals surface area contributed by atoms with Gasteiger partial charge < -0.3 is 15.8 Å². The molecule has 0 fully saturated rings. The highest BCUT2D eigenvalue weighted by Crippen LogP contribution is 2.22. The van der Waals surface area contributed by atoms with E-state index in [0.29, 0.717) is 5.02 Å². The SMILES string of the molecule is NC(=O)c1cc(Cl)ccc1OCC(=O)NCCc1c(F)cccc1F. The second-order valence-corrected chi connectivity index (χ2v) is 5.53. The molecule has 8 heteroatoms. The van der Waals surface area contributed by atoms with Crippen LogP contribution in [0.1, 0.15) is 15.9 Å². The van der Waals surface area contributed by atoms with Crippen LogP contribution >= 0.6 is 11.6 Å². The molecule has 0 aliphatic carbocycles. The van der Waals surface area contributed by atoms with Gasteiger partial charge in [0.05, 0.1) is 5.56 Å². The van der Waals surface area contributed by atoms with Crippen LogP contribution in [0.2, 0.25) is 5.02 Å². The zero-order valence-corrected chi connectivity index (χ0v) is 13.8. The number of hydrogen-bond donors (Lipinski definition) is 2. The van der Waals surface area contributed by atoms with Crippen LogP contribution in [-0.4, -0.2) is 25.0 Å². The van der Waals surface area contributed by atoms with Crippen molar-refractivity contribution < 1.29 is 23.1 Å². The lowest BCUT2D eigenvalue weighted by molar-refractivity contribution is -0.123. The predicted octanol–water partition coefficient (Wildman–Crippen LogP) is 2.45. The van der Waals surface area contributed by atoms with Gasteiger partial charge in [0, 0.05) is 17.1 Å². The Hall–Kier alpha value is -2.67. The third-order valence-corrected chi connectivity index (χ3v) is 3.56. The van der Waals surface area contributed by atoms with E-state index in [1.165, 1.54) is 24.3 Å². The Kier molecular flexibility index (Phi) is 6.30. The van der Waals surface area contributed by atoms with Crippen LogP contribution in [0, 0.1) is 11.6 Å². The fraction of sp³-hybridized carbons (Fsp3) is 0.176. The molecule has 2 aromatic rings. The zero-order valence-electron chi connectivity index (χ0n) is 13.0. The summed E-state index contributed by atoms with van der Waals surface area (Å²) < 4.78 is 32.2. The number of carbonyl (C=O) groups is 2. The maximum atomic E-state index is 13.5. The number of ether oxygens (including phenoxy) is 1.